The predicted molar refractivity (Wildman–Crippen MR) is 58.1 cm³/mol. The number of hydrogen-bond donors (Lipinski definition) is 0. The highest BCUT2D eigenvalue weighted by Gasteiger charge is 2.02. The van der Waals surface area contributed by atoms with E-state index in [9.17, 15) is 4.39 Å². The standard InChI is InChI=1S/C10H9FIN/c11-10-4-3-9(7-12)8(6-10)2-1-5-13/h3-4,6H,1-2,7H2. The first-order chi connectivity index (χ1) is 6.27. The molecule has 0 bridgehead atoms. The van der Waals surface area contributed by atoms with Gasteiger partial charge in [-0.3, -0.25) is 0 Å². The fraction of sp³-hybridized carbons (Fsp3) is 0.300. The van der Waals surface area contributed by atoms with Crippen LogP contribution in [0.15, 0.2) is 18.2 Å². The lowest BCUT2D eigenvalue weighted by molar-refractivity contribution is 0.624. The van der Waals surface area contributed by atoms with Crippen molar-refractivity contribution in [3.63, 3.8) is 0 Å². The van der Waals surface area contributed by atoms with Gasteiger partial charge in [0.15, 0.2) is 0 Å². The number of hydrogen-bond acceptors (Lipinski definition) is 1. The van der Waals surface area contributed by atoms with E-state index in [1.165, 1.54) is 12.1 Å². The first-order valence-electron chi connectivity index (χ1n) is 3.98. The van der Waals surface area contributed by atoms with E-state index in [0.29, 0.717) is 12.8 Å². The van der Waals surface area contributed by atoms with Crippen LogP contribution >= 0.6 is 22.6 Å². The highest BCUT2D eigenvalue weighted by Crippen LogP contribution is 2.16. The molecular weight excluding hydrogens is 280 g/mol. The minimum Gasteiger partial charge on any atom is -0.207 e. The van der Waals surface area contributed by atoms with Crippen LogP contribution < -0.4 is 0 Å². The summed E-state index contributed by atoms with van der Waals surface area (Å²) in [6.45, 7) is 0. The molecule has 1 nitrogen and oxygen atoms in total. The van der Waals surface area contributed by atoms with Crippen LogP contribution in [0.2, 0.25) is 0 Å². The van der Waals surface area contributed by atoms with E-state index in [0.717, 1.165) is 15.6 Å². The molecule has 0 saturated heterocycles. The molecule has 0 aliphatic rings. The van der Waals surface area contributed by atoms with Crippen molar-refractivity contribution in [2.75, 3.05) is 0 Å². The van der Waals surface area contributed by atoms with E-state index in [4.69, 9.17) is 5.26 Å². The molecule has 0 fully saturated rings. The monoisotopic (exact) mass is 289 g/mol. The summed E-state index contributed by atoms with van der Waals surface area (Å²) in [5, 5.41) is 8.41. The van der Waals surface area contributed by atoms with Crippen molar-refractivity contribution in [2.24, 2.45) is 0 Å². The lowest BCUT2D eigenvalue weighted by atomic mass is 10.0. The van der Waals surface area contributed by atoms with Crippen LogP contribution in [0.1, 0.15) is 17.5 Å². The lowest BCUT2D eigenvalue weighted by Crippen LogP contribution is -1.92. The SMILES string of the molecule is N#CCCc1cc(F)ccc1CI. The summed E-state index contributed by atoms with van der Waals surface area (Å²) < 4.78 is 13.7. The van der Waals surface area contributed by atoms with Crippen molar-refractivity contribution in [2.45, 2.75) is 17.3 Å². The van der Waals surface area contributed by atoms with Crippen molar-refractivity contribution in [3.05, 3.63) is 35.1 Å². The van der Waals surface area contributed by atoms with Gasteiger partial charge in [-0.2, -0.15) is 5.26 Å². The highest BCUT2D eigenvalue weighted by atomic mass is 127. The Morgan fingerprint density at radius 1 is 1.38 bits per heavy atom. The topological polar surface area (TPSA) is 23.8 Å². The van der Waals surface area contributed by atoms with Gasteiger partial charge < -0.3 is 0 Å². The molecule has 0 aliphatic heterocycles. The van der Waals surface area contributed by atoms with Crippen LogP contribution in [0.5, 0.6) is 0 Å². The van der Waals surface area contributed by atoms with Crippen LogP contribution in [-0.4, -0.2) is 0 Å². The van der Waals surface area contributed by atoms with E-state index >= 15 is 0 Å². The van der Waals surface area contributed by atoms with Crippen LogP contribution in [0.4, 0.5) is 4.39 Å². The van der Waals surface area contributed by atoms with Crippen LogP contribution in [0, 0.1) is 17.1 Å². The molecule has 1 aromatic rings. The molecule has 0 aliphatic carbocycles. The molecule has 0 amide bonds. The van der Waals surface area contributed by atoms with E-state index in [2.05, 4.69) is 28.7 Å². The largest absolute Gasteiger partial charge is 0.207 e. The van der Waals surface area contributed by atoms with Gasteiger partial charge in [-0.05, 0) is 29.7 Å². The molecule has 0 aromatic heterocycles. The molecule has 0 atom stereocenters. The Balaban J connectivity index is 2.89. The number of rotatable bonds is 3. The Kier molecular flexibility index (Phi) is 4.16. The molecule has 0 saturated carbocycles. The molecule has 13 heavy (non-hydrogen) atoms. The fourth-order valence-electron chi connectivity index (χ4n) is 1.15. The Bertz CT molecular complexity index is 330. The van der Waals surface area contributed by atoms with Crippen LogP contribution in [0.25, 0.3) is 0 Å². The maximum Gasteiger partial charge on any atom is 0.123 e. The Labute approximate surface area is 90.7 Å². The molecule has 1 aromatic carbocycles. The Hall–Kier alpha value is -0.630. The molecule has 1 rings (SSSR count). The van der Waals surface area contributed by atoms with Gasteiger partial charge in [0.1, 0.15) is 5.82 Å². The molecular formula is C10H9FIN. The van der Waals surface area contributed by atoms with Crippen molar-refractivity contribution in [3.8, 4) is 6.07 Å². The summed E-state index contributed by atoms with van der Waals surface area (Å²) in [6.07, 6.45) is 1.10. The minimum absolute atomic E-state index is 0.221. The summed E-state index contributed by atoms with van der Waals surface area (Å²) >= 11 is 2.24. The van der Waals surface area contributed by atoms with Crippen molar-refractivity contribution in [1.29, 1.82) is 5.26 Å². The minimum atomic E-state index is -0.221. The second-order valence-electron chi connectivity index (χ2n) is 2.70. The Morgan fingerprint density at radius 3 is 2.77 bits per heavy atom. The third kappa shape index (κ3) is 2.96. The zero-order valence-electron chi connectivity index (χ0n) is 7.06. The average molecular weight is 289 g/mol. The number of alkyl halides is 1. The second kappa shape index (κ2) is 5.18. The van der Waals surface area contributed by atoms with E-state index < -0.39 is 0 Å². The number of nitrogens with zero attached hydrogens (tertiary/aromatic N) is 1. The summed E-state index contributed by atoms with van der Waals surface area (Å²) in [7, 11) is 0. The van der Waals surface area contributed by atoms with Gasteiger partial charge in [0.2, 0.25) is 0 Å². The lowest BCUT2D eigenvalue weighted by Gasteiger charge is -2.04. The molecule has 68 valence electrons. The average Bonchev–Trinajstić information content (AvgIpc) is 2.15. The summed E-state index contributed by atoms with van der Waals surface area (Å²) in [5.74, 6) is -0.221. The predicted octanol–water partition coefficient (Wildman–Crippen LogP) is 3.22. The summed E-state index contributed by atoms with van der Waals surface area (Å²) in [6, 6.07) is 6.83. The van der Waals surface area contributed by atoms with Gasteiger partial charge in [0.05, 0.1) is 6.07 Å². The molecule has 0 N–H and O–H groups in total. The summed E-state index contributed by atoms with van der Waals surface area (Å²) in [4.78, 5) is 0. The number of halogens is 2. The van der Waals surface area contributed by atoms with Crippen LogP contribution in [0.3, 0.4) is 0 Å². The van der Waals surface area contributed by atoms with Gasteiger partial charge >= 0.3 is 0 Å². The summed E-state index contributed by atoms with van der Waals surface area (Å²) in [5.41, 5.74) is 2.08. The maximum atomic E-state index is 12.8. The quantitative estimate of drug-likeness (QED) is 0.619. The maximum absolute atomic E-state index is 12.8. The van der Waals surface area contributed by atoms with Crippen molar-refractivity contribution >= 4 is 22.6 Å². The molecule has 3 heteroatoms. The van der Waals surface area contributed by atoms with Crippen molar-refractivity contribution < 1.29 is 4.39 Å². The Morgan fingerprint density at radius 2 is 2.15 bits per heavy atom. The highest BCUT2D eigenvalue weighted by molar-refractivity contribution is 14.1. The smallest absolute Gasteiger partial charge is 0.123 e. The number of aryl methyl sites for hydroxylation is 1. The van der Waals surface area contributed by atoms with Crippen LogP contribution in [-0.2, 0) is 10.8 Å². The van der Waals surface area contributed by atoms with Crippen molar-refractivity contribution in [1.82, 2.24) is 0 Å². The van der Waals surface area contributed by atoms with Gasteiger partial charge in [-0.15, -0.1) is 0 Å². The zero-order chi connectivity index (χ0) is 9.68. The second-order valence-corrected chi connectivity index (χ2v) is 3.47. The fourth-order valence-corrected chi connectivity index (χ4v) is 1.89. The van der Waals surface area contributed by atoms with Gasteiger partial charge in [-0.25, -0.2) is 4.39 Å². The van der Waals surface area contributed by atoms with Gasteiger partial charge in [0.25, 0.3) is 0 Å². The molecule has 0 spiro atoms. The van der Waals surface area contributed by atoms with Gasteiger partial charge in [-0.1, -0.05) is 28.7 Å². The number of benzene rings is 1. The molecule has 0 heterocycles. The first kappa shape index (κ1) is 10.5. The van der Waals surface area contributed by atoms with E-state index in [1.54, 1.807) is 6.07 Å². The zero-order valence-corrected chi connectivity index (χ0v) is 9.21. The van der Waals surface area contributed by atoms with E-state index in [1.807, 2.05) is 0 Å². The first-order valence-corrected chi connectivity index (χ1v) is 5.50. The molecule has 0 unspecified atom stereocenters. The normalized spacial score (nSPS) is 9.62. The molecule has 0 radical (unpaired) electrons. The third-order valence-corrected chi connectivity index (χ3v) is 2.64. The number of nitriles is 1. The van der Waals surface area contributed by atoms with Gasteiger partial charge in [0, 0.05) is 10.8 Å². The third-order valence-electron chi connectivity index (χ3n) is 1.82. The van der Waals surface area contributed by atoms with E-state index in [-0.39, 0.29) is 5.82 Å².